The molecule has 0 N–H and O–H groups in total. The van der Waals surface area contributed by atoms with Gasteiger partial charge >= 0.3 is 0 Å². The fourth-order valence-electron chi connectivity index (χ4n) is 0.435. The summed E-state index contributed by atoms with van der Waals surface area (Å²) in [6, 6.07) is 0. The van der Waals surface area contributed by atoms with Crippen LogP contribution in [0.2, 0.25) is 0 Å². The Balaban J connectivity index is 2.41. The van der Waals surface area contributed by atoms with Crippen molar-refractivity contribution in [3.05, 3.63) is 17.7 Å². The molecule has 0 radical (unpaired) electrons. The Hall–Kier alpha value is -1.44. The molecule has 0 aliphatic carbocycles. The number of tetrazole rings is 1. The number of hydrogen-bond donors (Lipinski definition) is 0. The van der Waals surface area contributed by atoms with Crippen molar-refractivity contribution in [1.29, 1.82) is 0 Å². The van der Waals surface area contributed by atoms with Crippen LogP contribution >= 0.6 is 0 Å². The molecule has 0 atom stereocenters. The van der Waals surface area contributed by atoms with E-state index in [0.29, 0.717) is 13.1 Å². The Morgan fingerprint density at radius 3 is 3.11 bits per heavy atom. The molecule has 5 nitrogen and oxygen atoms in total. The molecule has 0 saturated heterocycles. The third-order valence-electron chi connectivity index (χ3n) is 0.832. The van der Waals surface area contributed by atoms with E-state index in [4.69, 9.17) is 6.57 Å². The Morgan fingerprint density at radius 2 is 2.56 bits per heavy atom. The Kier molecular flexibility index (Phi) is 1.75. The lowest BCUT2D eigenvalue weighted by Crippen LogP contribution is -2.00. The maximum Gasteiger partial charge on any atom is 0.234 e. The van der Waals surface area contributed by atoms with E-state index < -0.39 is 0 Å². The van der Waals surface area contributed by atoms with Gasteiger partial charge in [0.1, 0.15) is 12.9 Å². The van der Waals surface area contributed by atoms with Gasteiger partial charge in [0, 0.05) is 0 Å². The maximum atomic E-state index is 6.45. The molecule has 0 aliphatic heterocycles. The zero-order valence-electron chi connectivity index (χ0n) is 4.73. The molecule has 0 saturated carbocycles. The minimum atomic E-state index is 0.436. The van der Waals surface area contributed by atoms with Crippen LogP contribution in [0.15, 0.2) is 6.33 Å². The molecule has 0 fully saturated rings. The van der Waals surface area contributed by atoms with Gasteiger partial charge in [-0.1, -0.05) is 0 Å². The number of aromatic nitrogens is 4. The van der Waals surface area contributed by atoms with Crippen molar-refractivity contribution in [2.75, 3.05) is 6.54 Å². The van der Waals surface area contributed by atoms with Gasteiger partial charge in [-0.3, -0.25) is 0 Å². The predicted molar refractivity (Wildman–Crippen MR) is 29.3 cm³/mol. The normalized spacial score (nSPS) is 8.78. The highest BCUT2D eigenvalue weighted by Gasteiger charge is 1.90. The fraction of sp³-hybridized carbons (Fsp3) is 0.500. The van der Waals surface area contributed by atoms with E-state index in [2.05, 4.69) is 20.4 Å². The van der Waals surface area contributed by atoms with Crippen LogP contribution in [0.4, 0.5) is 0 Å². The third-order valence-corrected chi connectivity index (χ3v) is 0.832. The van der Waals surface area contributed by atoms with Crippen LogP contribution in [-0.4, -0.2) is 26.8 Å². The highest BCUT2D eigenvalue weighted by molar-refractivity contribution is 4.58. The molecule has 46 valence electrons. The van der Waals surface area contributed by atoms with Gasteiger partial charge in [0.2, 0.25) is 6.54 Å². The smallest absolute Gasteiger partial charge is 0.234 e. The molecular weight excluding hydrogens is 118 g/mol. The third kappa shape index (κ3) is 1.49. The first-order valence-corrected chi connectivity index (χ1v) is 2.47. The summed E-state index contributed by atoms with van der Waals surface area (Å²) in [7, 11) is 0. The van der Waals surface area contributed by atoms with Crippen molar-refractivity contribution in [3.8, 4) is 0 Å². The average Bonchev–Trinajstić information content (AvgIpc) is 2.34. The molecule has 0 aliphatic rings. The summed E-state index contributed by atoms with van der Waals surface area (Å²) in [6.45, 7) is 7.46. The molecule has 1 aromatic rings. The van der Waals surface area contributed by atoms with Gasteiger partial charge in [0.05, 0.1) is 0 Å². The molecular formula is C4H5N5. The van der Waals surface area contributed by atoms with Crippen molar-refractivity contribution in [3.63, 3.8) is 0 Å². The first-order chi connectivity index (χ1) is 4.43. The van der Waals surface area contributed by atoms with Crippen molar-refractivity contribution < 1.29 is 0 Å². The molecule has 0 bridgehead atoms. The Labute approximate surface area is 52.1 Å². The van der Waals surface area contributed by atoms with Gasteiger partial charge in [0.15, 0.2) is 0 Å². The summed E-state index contributed by atoms with van der Waals surface area (Å²) in [5.41, 5.74) is 0. The summed E-state index contributed by atoms with van der Waals surface area (Å²) < 4.78 is 1.53. The van der Waals surface area contributed by atoms with Gasteiger partial charge in [0.25, 0.3) is 0 Å². The highest BCUT2D eigenvalue weighted by atomic mass is 15.5. The van der Waals surface area contributed by atoms with E-state index in [0.717, 1.165) is 0 Å². The van der Waals surface area contributed by atoms with Crippen molar-refractivity contribution >= 4 is 0 Å². The van der Waals surface area contributed by atoms with E-state index >= 15 is 0 Å². The second-order valence-electron chi connectivity index (χ2n) is 1.45. The molecule has 5 heteroatoms. The maximum absolute atomic E-state index is 6.45. The standard InChI is InChI=1S/C4H5N5/c1-5-2-3-9-4-6-7-8-9/h4H,2-3H2. The number of hydrogen-bond acceptors (Lipinski definition) is 3. The average molecular weight is 123 g/mol. The van der Waals surface area contributed by atoms with Crippen molar-refractivity contribution in [2.24, 2.45) is 0 Å². The monoisotopic (exact) mass is 123 g/mol. The lowest BCUT2D eigenvalue weighted by Gasteiger charge is -1.85. The lowest BCUT2D eigenvalue weighted by molar-refractivity contribution is 0.617. The SMILES string of the molecule is [C-]#[N+]CCn1cnnn1. The Bertz CT molecular complexity index is 195. The first-order valence-electron chi connectivity index (χ1n) is 2.47. The summed E-state index contributed by atoms with van der Waals surface area (Å²) in [6.07, 6.45) is 1.49. The van der Waals surface area contributed by atoms with Gasteiger partial charge in [-0.05, 0) is 10.4 Å². The van der Waals surface area contributed by atoms with Crippen LogP contribution in [0, 0.1) is 6.57 Å². The van der Waals surface area contributed by atoms with Gasteiger partial charge in [-0.15, -0.1) is 5.10 Å². The van der Waals surface area contributed by atoms with Gasteiger partial charge in [-0.2, -0.15) is 0 Å². The molecule has 0 amide bonds. The Morgan fingerprint density at radius 1 is 1.67 bits per heavy atom. The minimum Gasteiger partial charge on any atom is -0.315 e. The number of rotatable bonds is 2. The second kappa shape index (κ2) is 2.77. The molecule has 9 heavy (non-hydrogen) atoms. The van der Waals surface area contributed by atoms with Crippen LogP contribution in [0.3, 0.4) is 0 Å². The van der Waals surface area contributed by atoms with Crippen LogP contribution in [-0.2, 0) is 6.54 Å². The van der Waals surface area contributed by atoms with E-state index in [1.54, 1.807) is 0 Å². The fourth-order valence-corrected chi connectivity index (χ4v) is 0.435. The minimum absolute atomic E-state index is 0.436. The molecule has 0 unspecified atom stereocenters. The summed E-state index contributed by atoms with van der Waals surface area (Å²) in [4.78, 5) is 3.14. The quantitative estimate of drug-likeness (QED) is 0.502. The first kappa shape index (κ1) is 5.69. The van der Waals surface area contributed by atoms with Crippen LogP contribution in [0.1, 0.15) is 0 Å². The second-order valence-corrected chi connectivity index (χ2v) is 1.45. The summed E-state index contributed by atoms with van der Waals surface area (Å²) in [5.74, 6) is 0. The van der Waals surface area contributed by atoms with E-state index in [-0.39, 0.29) is 0 Å². The summed E-state index contributed by atoms with van der Waals surface area (Å²) >= 11 is 0. The van der Waals surface area contributed by atoms with Crippen molar-refractivity contribution in [2.45, 2.75) is 6.54 Å². The van der Waals surface area contributed by atoms with Crippen LogP contribution in [0.25, 0.3) is 4.85 Å². The van der Waals surface area contributed by atoms with Crippen LogP contribution < -0.4 is 0 Å². The molecule has 1 rings (SSSR count). The van der Waals surface area contributed by atoms with E-state index in [1.165, 1.54) is 11.0 Å². The van der Waals surface area contributed by atoms with Gasteiger partial charge in [-0.25, -0.2) is 11.3 Å². The highest BCUT2D eigenvalue weighted by Crippen LogP contribution is 1.76. The number of nitrogens with zero attached hydrogens (tertiary/aromatic N) is 5. The van der Waals surface area contributed by atoms with Gasteiger partial charge < -0.3 is 4.85 Å². The lowest BCUT2D eigenvalue weighted by atomic mass is 10.7. The molecule has 0 aromatic carbocycles. The largest absolute Gasteiger partial charge is 0.315 e. The zero-order valence-corrected chi connectivity index (χ0v) is 4.73. The predicted octanol–water partition coefficient (Wildman–Crippen LogP) is -0.408. The van der Waals surface area contributed by atoms with Crippen LogP contribution in [0.5, 0.6) is 0 Å². The molecule has 1 heterocycles. The van der Waals surface area contributed by atoms with E-state index in [1.807, 2.05) is 0 Å². The summed E-state index contributed by atoms with van der Waals surface area (Å²) in [5, 5.41) is 10.4. The van der Waals surface area contributed by atoms with Crippen molar-refractivity contribution in [1.82, 2.24) is 20.2 Å². The molecule has 0 spiro atoms. The van der Waals surface area contributed by atoms with E-state index in [9.17, 15) is 0 Å². The zero-order chi connectivity index (χ0) is 6.53. The molecule has 1 aromatic heterocycles. The topological polar surface area (TPSA) is 48.0 Å².